The minimum Gasteiger partial charge on any atom is -0.383 e. The molecule has 2 saturated heterocycles. The summed E-state index contributed by atoms with van der Waals surface area (Å²) in [4.78, 5) is 25.0. The molecule has 1 unspecified atom stereocenters. The normalized spacial score (nSPS) is 41.3. The summed E-state index contributed by atoms with van der Waals surface area (Å²) in [6, 6.07) is 1.06. The molecule has 0 aliphatic carbocycles. The molecule has 1 aromatic rings. The Kier molecular flexibility index (Phi) is 3.61. The van der Waals surface area contributed by atoms with E-state index in [1.807, 2.05) is 4.98 Å². The van der Waals surface area contributed by atoms with Gasteiger partial charge in [0.1, 0.15) is 18.4 Å². The van der Waals surface area contributed by atoms with Crippen LogP contribution in [0.4, 0.5) is 4.39 Å². The smallest absolute Gasteiger partial charge is 0.330 e. The molecule has 3 rings (SSSR count). The minimum atomic E-state index is -2.89. The van der Waals surface area contributed by atoms with Gasteiger partial charge in [0.25, 0.3) is 5.56 Å². The number of aliphatic hydroxyl groups is 1. The van der Waals surface area contributed by atoms with Crippen LogP contribution in [0.15, 0.2) is 21.9 Å². The first-order valence-electron chi connectivity index (χ1n) is 6.41. The number of alkyl halides is 1. The number of ether oxygens (including phenoxy) is 1. The zero-order chi connectivity index (χ0) is 16.1. The summed E-state index contributed by atoms with van der Waals surface area (Å²) >= 11 is 0. The van der Waals surface area contributed by atoms with Gasteiger partial charge in [-0.15, -0.1) is 0 Å². The second kappa shape index (κ2) is 5.10. The summed E-state index contributed by atoms with van der Waals surface area (Å²) in [6.45, 7) is -0.175. The van der Waals surface area contributed by atoms with Gasteiger partial charge in [-0.1, -0.05) is 0 Å². The van der Waals surface area contributed by atoms with E-state index in [1.54, 1.807) is 0 Å². The minimum absolute atomic E-state index is 0.378. The van der Waals surface area contributed by atoms with E-state index in [0.29, 0.717) is 0 Å². The van der Waals surface area contributed by atoms with E-state index in [4.69, 9.17) is 13.8 Å². The number of hydrogen-bond donors (Lipinski definition) is 2. The highest BCUT2D eigenvalue weighted by atomic mass is 31.1. The summed E-state index contributed by atoms with van der Waals surface area (Å²) in [5.41, 5.74) is -5.00. The molecule has 0 spiro atoms. The van der Waals surface area contributed by atoms with Gasteiger partial charge in [-0.05, 0) is 6.92 Å². The summed E-state index contributed by atoms with van der Waals surface area (Å²) in [7, 11) is -2.89. The molecule has 2 N–H and O–H groups in total. The predicted octanol–water partition coefficient (Wildman–Crippen LogP) is -0.670. The Morgan fingerprint density at radius 2 is 2.32 bits per heavy atom. The Bertz CT molecular complexity index is 732. The van der Waals surface area contributed by atoms with Gasteiger partial charge >= 0.3 is 13.9 Å². The second-order valence-corrected chi connectivity index (χ2v) is 6.47. The van der Waals surface area contributed by atoms with Crippen molar-refractivity contribution < 1.29 is 27.8 Å². The molecule has 22 heavy (non-hydrogen) atoms. The van der Waals surface area contributed by atoms with Crippen molar-refractivity contribution in [2.75, 3.05) is 13.3 Å². The van der Waals surface area contributed by atoms with Crippen molar-refractivity contribution in [1.29, 1.82) is 0 Å². The summed E-state index contributed by atoms with van der Waals surface area (Å²) < 4.78 is 41.3. The van der Waals surface area contributed by atoms with E-state index in [0.717, 1.165) is 16.8 Å². The van der Waals surface area contributed by atoms with Gasteiger partial charge in [0.15, 0.2) is 11.8 Å². The van der Waals surface area contributed by atoms with Crippen molar-refractivity contribution in [3.63, 3.8) is 0 Å². The fourth-order valence-electron chi connectivity index (χ4n) is 2.80. The van der Waals surface area contributed by atoms with Crippen LogP contribution in [-0.2, 0) is 18.3 Å². The number of H-pyrrole nitrogens is 1. The molecule has 0 aromatic carbocycles. The van der Waals surface area contributed by atoms with Crippen molar-refractivity contribution in [3.05, 3.63) is 33.1 Å². The molecule has 3 heterocycles. The topological polar surface area (TPSA) is 120 Å². The van der Waals surface area contributed by atoms with E-state index in [9.17, 15) is 23.7 Å². The highest BCUT2D eigenvalue weighted by molar-refractivity contribution is 7.33. The first-order chi connectivity index (χ1) is 10.3. The van der Waals surface area contributed by atoms with Crippen LogP contribution in [0.3, 0.4) is 0 Å². The number of aromatic nitrogens is 2. The van der Waals surface area contributed by atoms with Gasteiger partial charge in [-0.2, -0.15) is 0 Å². The molecule has 2 aliphatic rings. The highest BCUT2D eigenvalue weighted by Gasteiger charge is 2.65. The fourth-order valence-corrected chi connectivity index (χ4v) is 3.88. The average Bonchev–Trinajstić information content (AvgIpc) is 2.69. The average molecular weight is 336 g/mol. The third-order valence-electron chi connectivity index (χ3n) is 3.83. The van der Waals surface area contributed by atoms with Crippen LogP contribution in [0.25, 0.3) is 0 Å². The quantitative estimate of drug-likeness (QED) is 0.687. The lowest BCUT2D eigenvalue weighted by Crippen LogP contribution is -2.55. The van der Waals surface area contributed by atoms with Crippen LogP contribution in [0.5, 0.6) is 0 Å². The number of fused-ring (bicyclic) bond motifs is 1. The van der Waals surface area contributed by atoms with E-state index >= 15 is 0 Å². The summed E-state index contributed by atoms with van der Waals surface area (Å²) in [5.74, 6) is 0. The highest BCUT2D eigenvalue weighted by Crippen LogP contribution is 2.52. The van der Waals surface area contributed by atoms with Gasteiger partial charge in [-0.3, -0.25) is 18.9 Å². The molecule has 2 fully saturated rings. The third kappa shape index (κ3) is 2.19. The predicted molar refractivity (Wildman–Crippen MR) is 70.6 cm³/mol. The van der Waals surface area contributed by atoms with Crippen LogP contribution >= 0.6 is 8.25 Å². The number of halogens is 1. The fraction of sp³-hybridized carbons (Fsp3) is 0.636. The third-order valence-corrected chi connectivity index (χ3v) is 4.64. The number of hydrogen-bond acceptors (Lipinski definition) is 7. The maximum absolute atomic E-state index is 13.5. The van der Waals surface area contributed by atoms with E-state index in [1.165, 1.54) is 6.92 Å². The molecule has 9 nitrogen and oxygen atoms in total. The first kappa shape index (κ1) is 15.6. The van der Waals surface area contributed by atoms with Crippen LogP contribution in [0.2, 0.25) is 0 Å². The molecule has 11 heteroatoms. The van der Waals surface area contributed by atoms with Crippen molar-refractivity contribution >= 4 is 8.25 Å². The molecular weight excluding hydrogens is 322 g/mol. The number of rotatable bonds is 2. The lowest BCUT2D eigenvalue weighted by Gasteiger charge is -2.37. The number of nitrogens with one attached hydrogen (secondary N) is 1. The molecule has 0 bridgehead atoms. The molecule has 0 radical (unpaired) electrons. The number of nitrogens with zero attached hydrogens (tertiary/aromatic N) is 1. The largest absolute Gasteiger partial charge is 0.383 e. The Morgan fingerprint density at radius 1 is 1.59 bits per heavy atom. The molecule has 0 saturated carbocycles. The Balaban J connectivity index is 2.08. The van der Waals surface area contributed by atoms with E-state index < -0.39 is 49.7 Å². The van der Waals surface area contributed by atoms with Gasteiger partial charge in [-0.25, -0.2) is 9.18 Å². The van der Waals surface area contributed by atoms with Crippen LogP contribution < -0.4 is 11.2 Å². The summed E-state index contributed by atoms with van der Waals surface area (Å²) in [6.07, 6.45) is -1.50. The van der Waals surface area contributed by atoms with E-state index in [-0.39, 0.29) is 6.61 Å². The number of aromatic amines is 1. The van der Waals surface area contributed by atoms with Crippen molar-refractivity contribution in [3.8, 4) is 0 Å². The lowest BCUT2D eigenvalue weighted by atomic mass is 9.88. The molecule has 1 aromatic heterocycles. The molecule has 2 aliphatic heterocycles. The standard InChI is InChI=1S/C11H14FN2O7P/c1-10(17)7-11(4-12,5-19-22(18)21-7)20-8(10)14-3-2-6(15)13-9(14)16/h2-3,7-8,17,22H,4-5H2,1H3,(H,13,15,16)/t7-,8+,10+,11+/m0/s1. The second-order valence-electron chi connectivity index (χ2n) is 5.45. The molecule has 122 valence electrons. The Morgan fingerprint density at radius 3 is 2.95 bits per heavy atom. The van der Waals surface area contributed by atoms with Crippen LogP contribution in [-0.4, -0.2) is 45.2 Å². The van der Waals surface area contributed by atoms with Crippen molar-refractivity contribution in [2.45, 2.75) is 30.5 Å². The monoisotopic (exact) mass is 336 g/mol. The van der Waals surface area contributed by atoms with Crippen molar-refractivity contribution in [1.82, 2.24) is 9.55 Å². The zero-order valence-electron chi connectivity index (χ0n) is 11.4. The first-order valence-corrected chi connectivity index (χ1v) is 7.64. The Labute approximate surface area is 123 Å². The van der Waals surface area contributed by atoms with Crippen LogP contribution in [0.1, 0.15) is 13.2 Å². The van der Waals surface area contributed by atoms with Gasteiger partial charge in [0.05, 0.1) is 6.61 Å². The van der Waals surface area contributed by atoms with Gasteiger partial charge in [0.2, 0.25) is 0 Å². The molecule has 0 amide bonds. The van der Waals surface area contributed by atoms with Crippen molar-refractivity contribution in [2.24, 2.45) is 0 Å². The molecule has 5 atom stereocenters. The van der Waals surface area contributed by atoms with Crippen LogP contribution in [0, 0.1) is 0 Å². The van der Waals surface area contributed by atoms with E-state index in [2.05, 4.69) is 0 Å². The SMILES string of the molecule is C[C@@]1(O)[C@@H]2O[PH](=O)OC[C@@]2(CF)O[C@H]1n1ccc(=O)[nH]c1=O. The van der Waals surface area contributed by atoms with Gasteiger partial charge in [0, 0.05) is 12.3 Å². The van der Waals surface area contributed by atoms with Gasteiger partial charge < -0.3 is 18.9 Å². The zero-order valence-corrected chi connectivity index (χ0v) is 12.4. The summed E-state index contributed by atoms with van der Waals surface area (Å²) in [5, 5.41) is 10.7. The maximum atomic E-state index is 13.5. The maximum Gasteiger partial charge on any atom is 0.330 e. The Hall–Kier alpha value is -1.32. The molecular formula is C11H14FN2O7P. The lowest BCUT2D eigenvalue weighted by molar-refractivity contribution is -0.145.